The minimum atomic E-state index is 0.500. The van der Waals surface area contributed by atoms with Crippen LogP contribution in [-0.2, 0) is 3.02 Å². The molecule has 0 unspecified atom stereocenters. The molecule has 0 fully saturated rings. The second kappa shape index (κ2) is 7.93. The van der Waals surface area contributed by atoms with E-state index >= 15 is 0 Å². The van der Waals surface area contributed by atoms with E-state index in [1.165, 1.54) is 0 Å². The van der Waals surface area contributed by atoms with Crippen molar-refractivity contribution in [2.75, 3.05) is 0 Å². The van der Waals surface area contributed by atoms with Crippen molar-refractivity contribution in [3.63, 3.8) is 0 Å². The summed E-state index contributed by atoms with van der Waals surface area (Å²) in [7, 11) is 0. The molecule has 0 aliphatic carbocycles. The van der Waals surface area contributed by atoms with Crippen molar-refractivity contribution >= 4 is 119 Å². The summed E-state index contributed by atoms with van der Waals surface area (Å²) < 4.78 is 14.2. The number of rotatable bonds is 0. The zero-order chi connectivity index (χ0) is 11.5. The summed E-state index contributed by atoms with van der Waals surface area (Å²) in [6.07, 6.45) is 0. The molecule has 0 N–H and O–H groups in total. The van der Waals surface area contributed by atoms with Crippen molar-refractivity contribution in [1.82, 2.24) is 0 Å². The SMILES string of the molecule is Brc1c(Br)c(Br)c(Br)c(Br)c1Br.[O]=[Sb]. The van der Waals surface area contributed by atoms with E-state index in [0.29, 0.717) is 23.0 Å². The van der Waals surface area contributed by atoms with Crippen molar-refractivity contribution in [2.24, 2.45) is 0 Å². The maximum absolute atomic E-state index is 8.30. The third-order valence-electron chi connectivity index (χ3n) is 1.16. The number of hydrogen-bond acceptors (Lipinski definition) is 1. The first-order chi connectivity index (χ1) is 6.46. The summed E-state index contributed by atoms with van der Waals surface area (Å²) in [4.78, 5) is 0. The standard InChI is InChI=1S/C6Br6.O.Sb/c7-1-2(8)4(10)6(12)5(11)3(1)9;;. The van der Waals surface area contributed by atoms with Gasteiger partial charge >= 0.3 is 26.0 Å². The Bertz CT molecular complexity index is 250. The molecule has 0 saturated heterocycles. The van der Waals surface area contributed by atoms with E-state index in [0.717, 1.165) is 26.8 Å². The summed E-state index contributed by atoms with van der Waals surface area (Å²) in [5.41, 5.74) is 0. The number of halogens is 6. The van der Waals surface area contributed by atoms with Crippen LogP contribution in [-0.4, -0.2) is 23.0 Å². The van der Waals surface area contributed by atoms with Crippen LogP contribution in [0.15, 0.2) is 26.8 Å². The molecular weight excluding hydrogens is 689 g/mol. The fourth-order valence-corrected chi connectivity index (χ4v) is 4.55. The molecule has 77 valence electrons. The summed E-state index contributed by atoms with van der Waals surface area (Å²) in [5, 5.41) is 0. The van der Waals surface area contributed by atoms with Crippen molar-refractivity contribution in [3.8, 4) is 0 Å². The Balaban J connectivity index is 0.000000791. The van der Waals surface area contributed by atoms with Crippen LogP contribution in [0.5, 0.6) is 0 Å². The van der Waals surface area contributed by atoms with E-state index in [9.17, 15) is 0 Å². The maximum atomic E-state index is 8.30. The molecule has 1 nitrogen and oxygen atoms in total. The third-order valence-corrected chi connectivity index (χ3v) is 9.11. The van der Waals surface area contributed by atoms with Gasteiger partial charge in [-0.2, -0.15) is 0 Å². The van der Waals surface area contributed by atoms with Gasteiger partial charge in [-0.05, 0) is 95.6 Å². The molecule has 0 bridgehead atoms. The predicted molar refractivity (Wildman–Crippen MR) is 79.1 cm³/mol. The second-order valence-corrected chi connectivity index (χ2v) is 6.64. The van der Waals surface area contributed by atoms with Crippen LogP contribution in [0, 0.1) is 0 Å². The summed E-state index contributed by atoms with van der Waals surface area (Å²) in [5.74, 6) is 0. The van der Waals surface area contributed by atoms with Crippen molar-refractivity contribution in [2.45, 2.75) is 0 Å². The van der Waals surface area contributed by atoms with Gasteiger partial charge in [0.25, 0.3) is 0 Å². The Kier molecular flexibility index (Phi) is 9.47. The van der Waals surface area contributed by atoms with Gasteiger partial charge in [-0.25, -0.2) is 0 Å². The van der Waals surface area contributed by atoms with Crippen LogP contribution in [0.1, 0.15) is 0 Å². The van der Waals surface area contributed by atoms with Crippen molar-refractivity contribution in [3.05, 3.63) is 26.8 Å². The Hall–Kier alpha value is 2.72. The van der Waals surface area contributed by atoms with Crippen LogP contribution in [0.2, 0.25) is 0 Å². The van der Waals surface area contributed by atoms with E-state index in [4.69, 9.17) is 3.02 Å². The fourth-order valence-electron chi connectivity index (χ4n) is 0.578. The average Bonchev–Trinajstić information content (AvgIpc) is 2.24. The second-order valence-electron chi connectivity index (χ2n) is 1.88. The first kappa shape index (κ1) is 16.7. The van der Waals surface area contributed by atoms with Gasteiger partial charge in [0.05, 0.1) is 0 Å². The normalized spacial score (nSPS) is 9.29. The van der Waals surface area contributed by atoms with Gasteiger partial charge in [0.15, 0.2) is 0 Å². The van der Waals surface area contributed by atoms with E-state index < -0.39 is 0 Å². The predicted octanol–water partition coefficient (Wildman–Crippen LogP) is 5.76. The Morgan fingerprint density at radius 2 is 0.571 bits per heavy atom. The molecule has 1 radical (unpaired) electrons. The monoisotopic (exact) mass is 682 g/mol. The summed E-state index contributed by atoms with van der Waals surface area (Å²) in [6.45, 7) is 0. The van der Waals surface area contributed by atoms with Crippen LogP contribution >= 0.6 is 95.6 Å². The molecule has 1 rings (SSSR count). The summed E-state index contributed by atoms with van der Waals surface area (Å²) >= 11 is 21.1. The molecule has 0 aromatic heterocycles. The molecule has 0 atom stereocenters. The third kappa shape index (κ3) is 3.88. The van der Waals surface area contributed by atoms with E-state index in [1.54, 1.807) is 0 Å². The zero-order valence-corrected chi connectivity index (χ0v) is 18.2. The molecule has 0 saturated carbocycles. The molecule has 14 heavy (non-hydrogen) atoms. The zero-order valence-electron chi connectivity index (χ0n) is 6.12. The number of hydrogen-bond donors (Lipinski definition) is 0. The molecule has 0 aliphatic rings. The van der Waals surface area contributed by atoms with Gasteiger partial charge in [0.1, 0.15) is 0 Å². The molecule has 0 aliphatic heterocycles. The molecular formula is C6Br6OSb. The Morgan fingerprint density at radius 3 is 0.643 bits per heavy atom. The van der Waals surface area contributed by atoms with Crippen LogP contribution in [0.4, 0.5) is 0 Å². The quantitative estimate of drug-likeness (QED) is 0.193. The van der Waals surface area contributed by atoms with Gasteiger partial charge in [0.2, 0.25) is 0 Å². The van der Waals surface area contributed by atoms with Gasteiger partial charge < -0.3 is 0 Å². The summed E-state index contributed by atoms with van der Waals surface area (Å²) in [6, 6.07) is 0. The Morgan fingerprint density at radius 1 is 0.500 bits per heavy atom. The van der Waals surface area contributed by atoms with Gasteiger partial charge in [0, 0.05) is 26.8 Å². The average molecular weight is 689 g/mol. The van der Waals surface area contributed by atoms with Crippen LogP contribution < -0.4 is 0 Å². The Labute approximate surface area is 146 Å². The molecule has 0 amide bonds. The van der Waals surface area contributed by atoms with Crippen molar-refractivity contribution in [1.29, 1.82) is 0 Å². The van der Waals surface area contributed by atoms with Crippen LogP contribution in [0.3, 0.4) is 0 Å². The van der Waals surface area contributed by atoms with E-state index in [2.05, 4.69) is 95.6 Å². The molecule has 0 spiro atoms. The molecule has 1 aromatic carbocycles. The molecule has 0 heterocycles. The topological polar surface area (TPSA) is 17.1 Å². The first-order valence-electron chi connectivity index (χ1n) is 2.82. The van der Waals surface area contributed by atoms with Gasteiger partial charge in [-0.15, -0.1) is 0 Å². The van der Waals surface area contributed by atoms with E-state index in [-0.39, 0.29) is 0 Å². The van der Waals surface area contributed by atoms with Crippen LogP contribution in [0.25, 0.3) is 0 Å². The molecule has 1 aromatic rings. The minimum absolute atomic E-state index is 0.500. The van der Waals surface area contributed by atoms with Gasteiger partial charge in [-0.1, -0.05) is 0 Å². The van der Waals surface area contributed by atoms with Gasteiger partial charge in [-0.3, -0.25) is 0 Å². The van der Waals surface area contributed by atoms with Crippen molar-refractivity contribution < 1.29 is 3.02 Å². The fraction of sp³-hybridized carbons (Fsp3) is 0. The molecule has 8 heteroatoms. The van der Waals surface area contributed by atoms with E-state index in [1.807, 2.05) is 0 Å². The number of benzene rings is 1. The first-order valence-corrected chi connectivity index (χ1v) is 8.62.